The Hall–Kier alpha value is -2.28. The number of carbonyl (C=O) groups excluding carboxylic acids is 1. The Kier molecular flexibility index (Phi) is 6.02. The maximum absolute atomic E-state index is 11.6. The zero-order valence-corrected chi connectivity index (χ0v) is 12.8. The third-order valence-electron chi connectivity index (χ3n) is 2.97. The quantitative estimate of drug-likeness (QED) is 0.729. The number of hydrogen-bond acceptors (Lipinski definition) is 5. The zero-order valence-electron chi connectivity index (χ0n) is 12.0. The topological polar surface area (TPSA) is 92.2 Å². The first kappa shape index (κ1) is 16.1. The summed E-state index contributed by atoms with van der Waals surface area (Å²) >= 11 is 1.45. The molecule has 6 nitrogen and oxygen atoms in total. The van der Waals surface area contributed by atoms with E-state index in [-0.39, 0.29) is 12.3 Å². The van der Waals surface area contributed by atoms with Crippen molar-refractivity contribution in [2.45, 2.75) is 32.2 Å². The molecule has 0 saturated carbocycles. The van der Waals surface area contributed by atoms with E-state index in [0.29, 0.717) is 25.8 Å². The summed E-state index contributed by atoms with van der Waals surface area (Å²) in [5.74, 6) is -0.926. The van der Waals surface area contributed by atoms with Crippen molar-refractivity contribution in [1.82, 2.24) is 15.5 Å². The standard InChI is InChI=1S/C15H17N3O3S/c19-12(8-4-5-9-14(20)21)16-10-13-17-18-15(22-13)11-6-2-1-3-7-11/h1-3,6-7H,4-5,8-10H2,(H,16,19)(H,20,21). The number of unbranched alkanes of at least 4 members (excludes halogenated alkanes) is 1. The monoisotopic (exact) mass is 319 g/mol. The van der Waals surface area contributed by atoms with E-state index in [0.717, 1.165) is 15.6 Å². The Morgan fingerprint density at radius 2 is 1.82 bits per heavy atom. The lowest BCUT2D eigenvalue weighted by Gasteiger charge is -2.01. The van der Waals surface area contributed by atoms with Crippen LogP contribution in [-0.2, 0) is 16.1 Å². The van der Waals surface area contributed by atoms with Gasteiger partial charge in [-0.3, -0.25) is 9.59 Å². The van der Waals surface area contributed by atoms with Gasteiger partial charge in [0.15, 0.2) is 0 Å². The molecule has 1 amide bonds. The molecule has 7 heteroatoms. The van der Waals surface area contributed by atoms with Crippen molar-refractivity contribution in [3.05, 3.63) is 35.3 Å². The first-order chi connectivity index (χ1) is 10.6. The second kappa shape index (κ2) is 8.23. The highest BCUT2D eigenvalue weighted by atomic mass is 32.1. The van der Waals surface area contributed by atoms with Crippen LogP contribution in [-0.4, -0.2) is 27.2 Å². The molecule has 0 aliphatic carbocycles. The molecule has 0 radical (unpaired) electrons. The maximum atomic E-state index is 11.6. The van der Waals surface area contributed by atoms with Crippen LogP contribution in [0.2, 0.25) is 0 Å². The molecule has 0 atom stereocenters. The number of carboxylic acid groups (broad SMARTS) is 1. The van der Waals surface area contributed by atoms with Crippen LogP contribution in [0.4, 0.5) is 0 Å². The number of benzene rings is 1. The van der Waals surface area contributed by atoms with Crippen LogP contribution in [0.25, 0.3) is 10.6 Å². The highest BCUT2D eigenvalue weighted by molar-refractivity contribution is 7.14. The summed E-state index contributed by atoms with van der Waals surface area (Å²) in [5, 5.41) is 21.0. The van der Waals surface area contributed by atoms with Gasteiger partial charge in [0, 0.05) is 18.4 Å². The number of hydrogen-bond donors (Lipinski definition) is 2. The summed E-state index contributed by atoms with van der Waals surface area (Å²) in [6, 6.07) is 9.75. The summed E-state index contributed by atoms with van der Waals surface area (Å²) in [7, 11) is 0. The lowest BCUT2D eigenvalue weighted by atomic mass is 10.2. The van der Waals surface area contributed by atoms with Crippen LogP contribution in [0.1, 0.15) is 30.7 Å². The fraction of sp³-hybridized carbons (Fsp3) is 0.333. The summed E-state index contributed by atoms with van der Waals surface area (Å²) < 4.78 is 0. The van der Waals surface area contributed by atoms with Gasteiger partial charge in [-0.05, 0) is 12.8 Å². The fourth-order valence-corrected chi connectivity index (χ4v) is 2.63. The molecule has 1 heterocycles. The number of rotatable bonds is 8. The van der Waals surface area contributed by atoms with Gasteiger partial charge in [-0.1, -0.05) is 41.7 Å². The average molecular weight is 319 g/mol. The van der Waals surface area contributed by atoms with Crippen molar-refractivity contribution < 1.29 is 14.7 Å². The summed E-state index contributed by atoms with van der Waals surface area (Å²) in [4.78, 5) is 22.0. The van der Waals surface area contributed by atoms with Gasteiger partial charge in [-0.15, -0.1) is 10.2 Å². The minimum atomic E-state index is -0.831. The van der Waals surface area contributed by atoms with E-state index in [9.17, 15) is 9.59 Å². The Balaban J connectivity index is 1.74. The second-order valence-corrected chi connectivity index (χ2v) is 5.81. The molecule has 0 aliphatic rings. The number of carbonyl (C=O) groups is 2. The van der Waals surface area contributed by atoms with E-state index in [1.807, 2.05) is 30.3 Å². The summed E-state index contributed by atoms with van der Waals surface area (Å²) in [5.41, 5.74) is 1.01. The Bertz CT molecular complexity index is 628. The van der Waals surface area contributed by atoms with Gasteiger partial charge in [0.25, 0.3) is 0 Å². The molecular formula is C15H17N3O3S. The number of aromatic nitrogens is 2. The number of nitrogens with zero attached hydrogens (tertiary/aromatic N) is 2. The van der Waals surface area contributed by atoms with Crippen LogP contribution >= 0.6 is 11.3 Å². The second-order valence-electron chi connectivity index (χ2n) is 4.74. The first-order valence-electron chi connectivity index (χ1n) is 7.01. The largest absolute Gasteiger partial charge is 0.481 e. The van der Waals surface area contributed by atoms with E-state index >= 15 is 0 Å². The Morgan fingerprint density at radius 1 is 1.09 bits per heavy atom. The minimum Gasteiger partial charge on any atom is -0.481 e. The van der Waals surface area contributed by atoms with Gasteiger partial charge in [0.05, 0.1) is 6.54 Å². The maximum Gasteiger partial charge on any atom is 0.303 e. The van der Waals surface area contributed by atoms with Crippen molar-refractivity contribution in [1.29, 1.82) is 0 Å². The van der Waals surface area contributed by atoms with E-state index in [1.165, 1.54) is 11.3 Å². The van der Waals surface area contributed by atoms with Gasteiger partial charge in [0.2, 0.25) is 5.91 Å². The van der Waals surface area contributed by atoms with Crippen molar-refractivity contribution in [3.8, 4) is 10.6 Å². The fourth-order valence-electron chi connectivity index (χ4n) is 1.85. The van der Waals surface area contributed by atoms with Gasteiger partial charge in [0.1, 0.15) is 10.0 Å². The third kappa shape index (κ3) is 5.25. The molecule has 2 rings (SSSR count). The van der Waals surface area contributed by atoms with Gasteiger partial charge < -0.3 is 10.4 Å². The minimum absolute atomic E-state index is 0.0955. The van der Waals surface area contributed by atoms with Crippen LogP contribution < -0.4 is 5.32 Å². The van der Waals surface area contributed by atoms with E-state index in [4.69, 9.17) is 5.11 Å². The van der Waals surface area contributed by atoms with Crippen LogP contribution in [0.5, 0.6) is 0 Å². The molecule has 2 aromatic rings. The molecule has 0 saturated heterocycles. The number of carboxylic acids is 1. The molecule has 0 bridgehead atoms. The predicted octanol–water partition coefficient (Wildman–Crippen LogP) is 2.47. The van der Waals surface area contributed by atoms with Crippen molar-refractivity contribution in [2.75, 3.05) is 0 Å². The van der Waals surface area contributed by atoms with Crippen LogP contribution in [0, 0.1) is 0 Å². The SMILES string of the molecule is O=C(O)CCCCC(=O)NCc1nnc(-c2ccccc2)s1. The lowest BCUT2D eigenvalue weighted by molar-refractivity contribution is -0.137. The smallest absolute Gasteiger partial charge is 0.303 e. The molecule has 1 aromatic heterocycles. The zero-order chi connectivity index (χ0) is 15.8. The highest BCUT2D eigenvalue weighted by Crippen LogP contribution is 2.22. The molecule has 116 valence electrons. The van der Waals surface area contributed by atoms with Crippen LogP contribution in [0.3, 0.4) is 0 Å². The molecule has 0 unspecified atom stereocenters. The molecule has 0 spiro atoms. The molecule has 0 fully saturated rings. The molecule has 22 heavy (non-hydrogen) atoms. The van der Waals surface area contributed by atoms with Crippen molar-refractivity contribution >= 4 is 23.2 Å². The molecule has 0 aliphatic heterocycles. The van der Waals surface area contributed by atoms with Crippen LogP contribution in [0.15, 0.2) is 30.3 Å². The predicted molar refractivity (Wildman–Crippen MR) is 83.3 cm³/mol. The van der Waals surface area contributed by atoms with E-state index < -0.39 is 5.97 Å². The summed E-state index contributed by atoms with van der Waals surface area (Å²) in [6.45, 7) is 0.349. The molecular weight excluding hydrogens is 302 g/mol. The number of amides is 1. The first-order valence-corrected chi connectivity index (χ1v) is 7.83. The Labute approximate surface area is 132 Å². The third-order valence-corrected chi connectivity index (χ3v) is 3.94. The summed E-state index contributed by atoms with van der Waals surface area (Å²) in [6.07, 6.45) is 1.52. The van der Waals surface area contributed by atoms with E-state index in [1.54, 1.807) is 0 Å². The average Bonchev–Trinajstić information content (AvgIpc) is 2.99. The Morgan fingerprint density at radius 3 is 2.55 bits per heavy atom. The number of aliphatic carboxylic acids is 1. The highest BCUT2D eigenvalue weighted by Gasteiger charge is 2.08. The van der Waals surface area contributed by atoms with E-state index in [2.05, 4.69) is 15.5 Å². The van der Waals surface area contributed by atoms with Gasteiger partial charge >= 0.3 is 5.97 Å². The molecule has 1 aromatic carbocycles. The van der Waals surface area contributed by atoms with Gasteiger partial charge in [-0.2, -0.15) is 0 Å². The van der Waals surface area contributed by atoms with Crippen molar-refractivity contribution in [2.24, 2.45) is 0 Å². The van der Waals surface area contributed by atoms with Gasteiger partial charge in [-0.25, -0.2) is 0 Å². The molecule has 2 N–H and O–H groups in total. The normalized spacial score (nSPS) is 10.4. The number of nitrogens with one attached hydrogen (secondary N) is 1. The lowest BCUT2D eigenvalue weighted by Crippen LogP contribution is -2.22. The van der Waals surface area contributed by atoms with Crippen molar-refractivity contribution in [3.63, 3.8) is 0 Å².